The molecular formula is C16H20N2S. The summed E-state index contributed by atoms with van der Waals surface area (Å²) < 4.78 is 0. The molecule has 0 radical (unpaired) electrons. The van der Waals surface area contributed by atoms with E-state index in [-0.39, 0.29) is 0 Å². The van der Waals surface area contributed by atoms with Gasteiger partial charge in [0.15, 0.2) is 0 Å². The average molecular weight is 272 g/mol. The number of nitrogens with two attached hydrogens (primary N) is 1. The van der Waals surface area contributed by atoms with Crippen LogP contribution in [0.2, 0.25) is 0 Å². The maximum absolute atomic E-state index is 5.84. The number of rotatable bonds is 4. The van der Waals surface area contributed by atoms with Crippen LogP contribution in [0.15, 0.2) is 24.3 Å². The Bertz CT molecular complexity index is 565. The first kappa shape index (κ1) is 12.8. The SMILES string of the molecule is CC(C)c1ccc(-c2nc(C3CC3)c(CN)s2)cc1. The molecule has 3 rings (SSSR count). The fraction of sp³-hybridized carbons (Fsp3) is 0.438. The van der Waals surface area contributed by atoms with Crippen LogP contribution in [0, 0.1) is 0 Å². The molecule has 0 saturated heterocycles. The van der Waals surface area contributed by atoms with Gasteiger partial charge in [-0.05, 0) is 24.3 Å². The summed E-state index contributed by atoms with van der Waals surface area (Å²) in [5, 5.41) is 1.12. The van der Waals surface area contributed by atoms with Gasteiger partial charge in [-0.3, -0.25) is 0 Å². The monoisotopic (exact) mass is 272 g/mol. The van der Waals surface area contributed by atoms with E-state index >= 15 is 0 Å². The van der Waals surface area contributed by atoms with Crippen LogP contribution in [0.1, 0.15) is 54.7 Å². The number of hydrogen-bond donors (Lipinski definition) is 1. The first-order valence-electron chi connectivity index (χ1n) is 6.99. The predicted molar refractivity (Wildman–Crippen MR) is 81.5 cm³/mol. The lowest BCUT2D eigenvalue weighted by Gasteiger charge is -2.05. The molecule has 1 fully saturated rings. The standard InChI is InChI=1S/C16H20N2S/c1-10(2)11-3-7-13(8-4-11)16-18-15(12-5-6-12)14(9-17)19-16/h3-4,7-8,10,12H,5-6,9,17H2,1-2H3. The molecule has 2 aromatic rings. The van der Waals surface area contributed by atoms with E-state index in [1.54, 1.807) is 11.3 Å². The molecule has 1 aromatic heterocycles. The smallest absolute Gasteiger partial charge is 0.123 e. The van der Waals surface area contributed by atoms with Crippen molar-refractivity contribution in [2.75, 3.05) is 0 Å². The van der Waals surface area contributed by atoms with Crippen LogP contribution in [0.4, 0.5) is 0 Å². The zero-order chi connectivity index (χ0) is 13.4. The summed E-state index contributed by atoms with van der Waals surface area (Å²) in [7, 11) is 0. The second-order valence-electron chi connectivity index (χ2n) is 5.58. The van der Waals surface area contributed by atoms with Gasteiger partial charge in [0.1, 0.15) is 5.01 Å². The third kappa shape index (κ3) is 2.58. The fourth-order valence-corrected chi connectivity index (χ4v) is 3.35. The van der Waals surface area contributed by atoms with Crippen molar-refractivity contribution < 1.29 is 0 Å². The van der Waals surface area contributed by atoms with Crippen LogP contribution in [0.3, 0.4) is 0 Å². The van der Waals surface area contributed by atoms with Crippen LogP contribution in [-0.2, 0) is 6.54 Å². The minimum absolute atomic E-state index is 0.576. The third-order valence-corrected chi connectivity index (χ3v) is 4.84. The zero-order valence-corrected chi connectivity index (χ0v) is 12.3. The van der Waals surface area contributed by atoms with Gasteiger partial charge in [0.05, 0.1) is 5.69 Å². The minimum Gasteiger partial charge on any atom is -0.326 e. The van der Waals surface area contributed by atoms with Gasteiger partial charge in [-0.25, -0.2) is 4.98 Å². The molecule has 19 heavy (non-hydrogen) atoms. The highest BCUT2D eigenvalue weighted by Gasteiger charge is 2.29. The van der Waals surface area contributed by atoms with Crippen molar-refractivity contribution in [3.05, 3.63) is 40.4 Å². The molecule has 0 bridgehead atoms. The normalized spacial score (nSPS) is 15.2. The van der Waals surface area contributed by atoms with Crippen molar-refractivity contribution in [1.82, 2.24) is 4.98 Å². The molecule has 0 spiro atoms. The van der Waals surface area contributed by atoms with E-state index in [0.29, 0.717) is 18.4 Å². The van der Waals surface area contributed by atoms with E-state index in [4.69, 9.17) is 10.7 Å². The second-order valence-corrected chi connectivity index (χ2v) is 6.67. The van der Waals surface area contributed by atoms with Crippen molar-refractivity contribution in [3.63, 3.8) is 0 Å². The number of nitrogens with zero attached hydrogens (tertiary/aromatic N) is 1. The van der Waals surface area contributed by atoms with Gasteiger partial charge in [0.25, 0.3) is 0 Å². The molecule has 100 valence electrons. The first-order chi connectivity index (χ1) is 9.19. The lowest BCUT2D eigenvalue weighted by Crippen LogP contribution is -1.96. The Morgan fingerprint density at radius 3 is 2.47 bits per heavy atom. The number of hydrogen-bond acceptors (Lipinski definition) is 3. The molecule has 0 aliphatic heterocycles. The molecule has 3 heteroatoms. The summed E-state index contributed by atoms with van der Waals surface area (Å²) in [6.45, 7) is 5.06. The zero-order valence-electron chi connectivity index (χ0n) is 11.5. The Kier molecular flexibility index (Phi) is 3.42. The molecule has 0 unspecified atom stereocenters. The highest BCUT2D eigenvalue weighted by Crippen LogP contribution is 2.44. The molecule has 1 aliphatic rings. The third-order valence-electron chi connectivity index (χ3n) is 3.70. The Hall–Kier alpha value is -1.19. The van der Waals surface area contributed by atoms with Crippen LogP contribution in [0.25, 0.3) is 10.6 Å². The average Bonchev–Trinajstić information content (AvgIpc) is 3.18. The topological polar surface area (TPSA) is 38.9 Å². The van der Waals surface area contributed by atoms with E-state index in [1.807, 2.05) is 0 Å². The van der Waals surface area contributed by atoms with Crippen molar-refractivity contribution in [3.8, 4) is 10.6 Å². The molecule has 2 N–H and O–H groups in total. The summed E-state index contributed by atoms with van der Waals surface area (Å²) in [5.41, 5.74) is 9.70. The van der Waals surface area contributed by atoms with E-state index < -0.39 is 0 Å². The van der Waals surface area contributed by atoms with E-state index in [9.17, 15) is 0 Å². The van der Waals surface area contributed by atoms with Gasteiger partial charge < -0.3 is 5.73 Å². The molecular weight excluding hydrogens is 252 g/mol. The Labute approximate surface area is 118 Å². The number of aromatic nitrogens is 1. The number of thiazole rings is 1. The Balaban J connectivity index is 1.92. The molecule has 0 atom stereocenters. The highest BCUT2D eigenvalue weighted by molar-refractivity contribution is 7.15. The summed E-state index contributed by atoms with van der Waals surface area (Å²) >= 11 is 1.76. The van der Waals surface area contributed by atoms with Crippen LogP contribution in [-0.4, -0.2) is 4.98 Å². The second kappa shape index (κ2) is 5.06. The van der Waals surface area contributed by atoms with Gasteiger partial charge in [-0.2, -0.15) is 0 Å². The Morgan fingerprint density at radius 2 is 1.95 bits per heavy atom. The lowest BCUT2D eigenvalue weighted by molar-refractivity contribution is 0.867. The minimum atomic E-state index is 0.576. The highest BCUT2D eigenvalue weighted by atomic mass is 32.1. The van der Waals surface area contributed by atoms with Gasteiger partial charge >= 0.3 is 0 Å². The van der Waals surface area contributed by atoms with Crippen molar-refractivity contribution >= 4 is 11.3 Å². The van der Waals surface area contributed by atoms with Gasteiger partial charge in [-0.1, -0.05) is 38.1 Å². The van der Waals surface area contributed by atoms with Gasteiger partial charge in [0, 0.05) is 22.9 Å². The van der Waals surface area contributed by atoms with Crippen molar-refractivity contribution in [2.45, 2.75) is 45.1 Å². The largest absolute Gasteiger partial charge is 0.326 e. The molecule has 1 heterocycles. The van der Waals surface area contributed by atoms with Gasteiger partial charge in [-0.15, -0.1) is 11.3 Å². The maximum atomic E-state index is 5.84. The van der Waals surface area contributed by atoms with Crippen LogP contribution in [0.5, 0.6) is 0 Å². The van der Waals surface area contributed by atoms with Gasteiger partial charge in [0.2, 0.25) is 0 Å². The predicted octanol–water partition coefficient (Wildman–Crippen LogP) is 4.27. The molecule has 0 amide bonds. The van der Waals surface area contributed by atoms with Crippen LogP contribution >= 0.6 is 11.3 Å². The quantitative estimate of drug-likeness (QED) is 0.902. The summed E-state index contributed by atoms with van der Waals surface area (Å²) in [6.07, 6.45) is 2.56. The van der Waals surface area contributed by atoms with Crippen molar-refractivity contribution in [1.29, 1.82) is 0 Å². The maximum Gasteiger partial charge on any atom is 0.123 e. The van der Waals surface area contributed by atoms with E-state index in [2.05, 4.69) is 38.1 Å². The summed E-state index contributed by atoms with van der Waals surface area (Å²) in [6, 6.07) is 8.79. The summed E-state index contributed by atoms with van der Waals surface area (Å²) in [4.78, 5) is 6.10. The lowest BCUT2D eigenvalue weighted by atomic mass is 10.0. The molecule has 1 aliphatic carbocycles. The Morgan fingerprint density at radius 1 is 1.26 bits per heavy atom. The van der Waals surface area contributed by atoms with Crippen LogP contribution < -0.4 is 5.73 Å². The molecule has 1 aromatic carbocycles. The first-order valence-corrected chi connectivity index (χ1v) is 7.80. The molecule has 2 nitrogen and oxygen atoms in total. The van der Waals surface area contributed by atoms with E-state index in [0.717, 1.165) is 5.01 Å². The molecule has 1 saturated carbocycles. The summed E-state index contributed by atoms with van der Waals surface area (Å²) in [5.74, 6) is 1.26. The van der Waals surface area contributed by atoms with E-state index in [1.165, 1.54) is 34.5 Å². The number of benzene rings is 1. The fourth-order valence-electron chi connectivity index (χ4n) is 2.32. The van der Waals surface area contributed by atoms with Crippen molar-refractivity contribution in [2.24, 2.45) is 5.73 Å².